The highest BCUT2D eigenvalue weighted by Crippen LogP contribution is 2.37. The number of alkyl halides is 3. The second kappa shape index (κ2) is 11.6. The van der Waals surface area contributed by atoms with Crippen molar-refractivity contribution in [3.05, 3.63) is 59.2 Å². The molecule has 1 heterocycles. The van der Waals surface area contributed by atoms with Gasteiger partial charge < -0.3 is 5.11 Å². The van der Waals surface area contributed by atoms with Crippen LogP contribution in [0.3, 0.4) is 0 Å². The van der Waals surface area contributed by atoms with Crippen molar-refractivity contribution >= 4 is 5.97 Å². The van der Waals surface area contributed by atoms with Gasteiger partial charge in [0.05, 0.1) is 11.5 Å². The van der Waals surface area contributed by atoms with Crippen LogP contribution < -0.4 is 0 Å². The molecule has 0 aromatic heterocycles. The monoisotopic (exact) mass is 489 g/mol. The van der Waals surface area contributed by atoms with E-state index in [1.807, 2.05) is 26.0 Å². The van der Waals surface area contributed by atoms with E-state index in [2.05, 4.69) is 24.8 Å². The molecule has 0 saturated carbocycles. The van der Waals surface area contributed by atoms with Crippen molar-refractivity contribution in [2.45, 2.75) is 83.9 Å². The van der Waals surface area contributed by atoms with Crippen LogP contribution in [0.5, 0.6) is 0 Å². The molecule has 0 bridgehead atoms. The van der Waals surface area contributed by atoms with E-state index in [1.165, 1.54) is 12.1 Å². The molecule has 2 aromatic carbocycles. The fourth-order valence-corrected chi connectivity index (χ4v) is 5.40. The molecule has 2 aromatic rings. The third kappa shape index (κ3) is 6.87. The highest BCUT2D eigenvalue weighted by molar-refractivity contribution is 5.77. The lowest BCUT2D eigenvalue weighted by atomic mass is 9.82. The van der Waals surface area contributed by atoms with Crippen molar-refractivity contribution in [1.82, 2.24) is 4.90 Å². The van der Waals surface area contributed by atoms with E-state index in [4.69, 9.17) is 0 Å². The predicted molar refractivity (Wildman–Crippen MR) is 135 cm³/mol. The molecule has 0 spiro atoms. The normalized spacial score (nSPS) is 18.3. The van der Waals surface area contributed by atoms with E-state index in [9.17, 15) is 23.1 Å². The number of nitrogens with zero attached hydrogens (tertiary/aromatic N) is 1. The molecular weight excluding hydrogens is 451 g/mol. The van der Waals surface area contributed by atoms with Crippen molar-refractivity contribution in [3.63, 3.8) is 0 Å². The highest BCUT2D eigenvalue weighted by atomic mass is 19.4. The zero-order valence-electron chi connectivity index (χ0n) is 21.2. The minimum Gasteiger partial charge on any atom is -0.481 e. The van der Waals surface area contributed by atoms with E-state index in [0.29, 0.717) is 18.0 Å². The number of likely N-dealkylation sites (tertiary alicyclic amines) is 1. The predicted octanol–water partition coefficient (Wildman–Crippen LogP) is 7.95. The number of halogens is 3. The van der Waals surface area contributed by atoms with Crippen LogP contribution in [0.15, 0.2) is 42.5 Å². The lowest BCUT2D eigenvalue weighted by molar-refractivity contribution is -0.139. The third-order valence-electron chi connectivity index (χ3n) is 7.31. The molecule has 6 heteroatoms. The number of carboxylic acids is 1. The van der Waals surface area contributed by atoms with Gasteiger partial charge in [0.15, 0.2) is 0 Å². The van der Waals surface area contributed by atoms with Gasteiger partial charge in [0.2, 0.25) is 0 Å². The molecule has 2 unspecified atom stereocenters. The van der Waals surface area contributed by atoms with Gasteiger partial charge in [-0.1, -0.05) is 58.0 Å². The molecule has 1 aliphatic heterocycles. The summed E-state index contributed by atoms with van der Waals surface area (Å²) in [4.78, 5) is 14.8. The number of hydrogen-bond donors (Lipinski definition) is 1. The maximum absolute atomic E-state index is 13.1. The Hall–Kier alpha value is -2.34. The van der Waals surface area contributed by atoms with Crippen molar-refractivity contribution in [2.24, 2.45) is 5.92 Å². The van der Waals surface area contributed by atoms with Crippen molar-refractivity contribution in [3.8, 4) is 11.1 Å². The van der Waals surface area contributed by atoms with Gasteiger partial charge in [-0.05, 0) is 84.9 Å². The van der Waals surface area contributed by atoms with Gasteiger partial charge in [0.1, 0.15) is 0 Å². The summed E-state index contributed by atoms with van der Waals surface area (Å²) < 4.78 is 39.3. The molecule has 0 radical (unpaired) electrons. The van der Waals surface area contributed by atoms with E-state index in [0.717, 1.165) is 67.6 Å². The Kier molecular flexibility index (Phi) is 9.03. The van der Waals surface area contributed by atoms with E-state index in [-0.39, 0.29) is 11.8 Å². The van der Waals surface area contributed by atoms with Gasteiger partial charge in [-0.25, -0.2) is 0 Å². The molecule has 3 rings (SSSR count). The lowest BCUT2D eigenvalue weighted by Gasteiger charge is -2.38. The van der Waals surface area contributed by atoms with Crippen LogP contribution in [0.4, 0.5) is 13.2 Å². The smallest absolute Gasteiger partial charge is 0.416 e. The van der Waals surface area contributed by atoms with Gasteiger partial charge in [-0.15, -0.1) is 0 Å². The second-order valence-electron chi connectivity index (χ2n) is 10.3. The van der Waals surface area contributed by atoms with Crippen LogP contribution >= 0.6 is 0 Å². The fraction of sp³-hybridized carbons (Fsp3) is 0.552. The first kappa shape index (κ1) is 27.3. The first-order valence-electron chi connectivity index (χ1n) is 12.8. The van der Waals surface area contributed by atoms with Crippen LogP contribution in [-0.4, -0.2) is 35.1 Å². The standard InChI is InChI=1S/C29H38F3NO2/c1-5-26(6-2)33-13-7-8-21(18-33)23-15-22(20-9-11-25(12-10-20)29(30,31)32)16-24(17-23)27(28(34)35)14-19(3)4/h9-12,15-17,19,21,26-27H,5-8,13-14,18H2,1-4H3,(H,34,35). The maximum Gasteiger partial charge on any atom is 0.416 e. The van der Waals surface area contributed by atoms with E-state index < -0.39 is 23.6 Å². The number of carboxylic acid groups (broad SMARTS) is 1. The van der Waals surface area contributed by atoms with Crippen molar-refractivity contribution < 1.29 is 23.1 Å². The maximum atomic E-state index is 13.1. The van der Waals surface area contributed by atoms with Crippen LogP contribution in [0.1, 0.15) is 88.3 Å². The Morgan fingerprint density at radius 2 is 1.71 bits per heavy atom. The molecule has 2 atom stereocenters. The highest BCUT2D eigenvalue weighted by Gasteiger charge is 2.31. The topological polar surface area (TPSA) is 40.5 Å². The molecule has 1 N–H and O–H groups in total. The summed E-state index contributed by atoms with van der Waals surface area (Å²) >= 11 is 0. The molecular formula is C29H38F3NO2. The van der Waals surface area contributed by atoms with Crippen LogP contribution in [0.2, 0.25) is 0 Å². The number of hydrogen-bond acceptors (Lipinski definition) is 2. The molecule has 3 nitrogen and oxygen atoms in total. The molecule has 0 aliphatic carbocycles. The largest absolute Gasteiger partial charge is 0.481 e. The first-order valence-corrected chi connectivity index (χ1v) is 12.8. The van der Waals surface area contributed by atoms with Gasteiger partial charge in [-0.2, -0.15) is 13.2 Å². The number of piperidine rings is 1. The Labute approximate surface area is 207 Å². The second-order valence-corrected chi connectivity index (χ2v) is 10.3. The van der Waals surface area contributed by atoms with E-state index in [1.54, 1.807) is 0 Å². The number of aliphatic carboxylic acids is 1. The number of carbonyl (C=O) groups is 1. The summed E-state index contributed by atoms with van der Waals surface area (Å²) in [5.74, 6) is -1.04. The quantitative estimate of drug-likeness (QED) is 0.388. The minimum absolute atomic E-state index is 0.203. The van der Waals surface area contributed by atoms with E-state index >= 15 is 0 Å². The summed E-state index contributed by atoms with van der Waals surface area (Å²) in [5, 5.41) is 10.0. The Balaban J connectivity index is 2.05. The number of benzene rings is 2. The molecule has 1 saturated heterocycles. The minimum atomic E-state index is -4.39. The summed E-state index contributed by atoms with van der Waals surface area (Å²) in [6, 6.07) is 11.7. The van der Waals surface area contributed by atoms with Gasteiger partial charge in [-0.3, -0.25) is 9.69 Å². The summed E-state index contributed by atoms with van der Waals surface area (Å²) in [5.41, 5.74) is 2.58. The lowest BCUT2D eigenvalue weighted by Crippen LogP contribution is -2.41. The van der Waals surface area contributed by atoms with Gasteiger partial charge in [0.25, 0.3) is 0 Å². The Bertz CT molecular complexity index is 980. The first-order chi connectivity index (χ1) is 16.5. The average Bonchev–Trinajstić information content (AvgIpc) is 2.82. The van der Waals surface area contributed by atoms with Crippen LogP contribution in [0, 0.1) is 5.92 Å². The van der Waals surface area contributed by atoms with Gasteiger partial charge >= 0.3 is 12.1 Å². The van der Waals surface area contributed by atoms with Crippen LogP contribution in [-0.2, 0) is 11.0 Å². The molecule has 192 valence electrons. The Morgan fingerprint density at radius 1 is 1.06 bits per heavy atom. The van der Waals surface area contributed by atoms with Crippen molar-refractivity contribution in [2.75, 3.05) is 13.1 Å². The Morgan fingerprint density at radius 3 is 2.26 bits per heavy atom. The molecule has 1 fully saturated rings. The average molecular weight is 490 g/mol. The fourth-order valence-electron chi connectivity index (χ4n) is 5.40. The molecule has 1 aliphatic rings. The zero-order chi connectivity index (χ0) is 25.8. The van der Waals surface area contributed by atoms with Gasteiger partial charge in [0, 0.05) is 12.6 Å². The third-order valence-corrected chi connectivity index (χ3v) is 7.31. The van der Waals surface area contributed by atoms with Crippen molar-refractivity contribution in [1.29, 1.82) is 0 Å². The number of rotatable bonds is 9. The molecule has 35 heavy (non-hydrogen) atoms. The molecule has 0 amide bonds. The summed E-state index contributed by atoms with van der Waals surface area (Å²) in [6.45, 7) is 10.4. The van der Waals surface area contributed by atoms with Crippen LogP contribution in [0.25, 0.3) is 11.1 Å². The zero-order valence-corrected chi connectivity index (χ0v) is 21.2. The summed E-state index contributed by atoms with van der Waals surface area (Å²) in [6.07, 6.45) is 0.405. The summed E-state index contributed by atoms with van der Waals surface area (Å²) in [7, 11) is 0. The SMILES string of the molecule is CCC(CC)N1CCCC(c2cc(-c3ccc(C(F)(F)F)cc3)cc(C(CC(C)C)C(=O)O)c2)C1.